The van der Waals surface area contributed by atoms with Gasteiger partial charge in [0.1, 0.15) is 6.04 Å². The van der Waals surface area contributed by atoms with Crippen LogP contribution in [0.3, 0.4) is 0 Å². The molecule has 0 bridgehead atoms. The molecule has 3 rings (SSSR count). The van der Waals surface area contributed by atoms with Gasteiger partial charge < -0.3 is 10.2 Å². The molecule has 1 aromatic rings. The fourth-order valence-corrected chi connectivity index (χ4v) is 3.44. The Balaban J connectivity index is 1.74. The second kappa shape index (κ2) is 7.87. The molecule has 8 nitrogen and oxygen atoms in total. The molecule has 0 saturated carbocycles. The monoisotopic (exact) mass is 372 g/mol. The van der Waals surface area contributed by atoms with Gasteiger partial charge in [0, 0.05) is 18.7 Å². The molecule has 144 valence electrons. The largest absolute Gasteiger partial charge is 0.384 e. The van der Waals surface area contributed by atoms with Crippen LogP contribution in [-0.4, -0.2) is 66.7 Å². The van der Waals surface area contributed by atoms with E-state index in [2.05, 4.69) is 15.5 Å². The zero-order chi connectivity index (χ0) is 19.6. The first kappa shape index (κ1) is 19.0. The van der Waals surface area contributed by atoms with Gasteiger partial charge in [0.05, 0.1) is 11.1 Å². The van der Waals surface area contributed by atoms with Crippen LogP contribution in [0.4, 0.5) is 5.69 Å². The fourth-order valence-electron chi connectivity index (χ4n) is 3.44. The van der Waals surface area contributed by atoms with Gasteiger partial charge in [-0.25, -0.2) is 0 Å². The van der Waals surface area contributed by atoms with Crippen LogP contribution in [0.2, 0.25) is 0 Å². The summed E-state index contributed by atoms with van der Waals surface area (Å²) in [6, 6.07) is 4.14. The molecule has 1 unspecified atom stereocenters. The topological polar surface area (TPSA) is 98.8 Å². The standard InChI is InChI=1S/C19H24N4O4/c1-22(2)11-4-3-10-20-13-7-5-6-12-16(13)19(27)23(18(12)26)14-8-9-15(24)21-17(14)25/h5-7,14,20H,3-4,8-11H2,1-2H3,(H,21,24,25). The van der Waals surface area contributed by atoms with E-state index in [0.717, 1.165) is 24.3 Å². The summed E-state index contributed by atoms with van der Waals surface area (Å²) in [6.45, 7) is 1.67. The Morgan fingerprint density at radius 2 is 1.93 bits per heavy atom. The number of rotatable bonds is 7. The van der Waals surface area contributed by atoms with Crippen molar-refractivity contribution in [2.24, 2.45) is 0 Å². The predicted molar refractivity (Wildman–Crippen MR) is 99.4 cm³/mol. The average molecular weight is 372 g/mol. The third kappa shape index (κ3) is 3.85. The molecule has 0 spiro atoms. The third-order valence-electron chi connectivity index (χ3n) is 4.82. The number of piperidine rings is 1. The second-order valence-electron chi connectivity index (χ2n) is 7.11. The Morgan fingerprint density at radius 3 is 2.63 bits per heavy atom. The lowest BCUT2D eigenvalue weighted by Gasteiger charge is -2.27. The van der Waals surface area contributed by atoms with Crippen molar-refractivity contribution in [3.05, 3.63) is 29.3 Å². The number of benzene rings is 1. The van der Waals surface area contributed by atoms with Crippen LogP contribution in [-0.2, 0) is 9.59 Å². The van der Waals surface area contributed by atoms with Gasteiger partial charge in [0.2, 0.25) is 11.8 Å². The summed E-state index contributed by atoms with van der Waals surface area (Å²) in [7, 11) is 4.04. The van der Waals surface area contributed by atoms with Crippen molar-refractivity contribution >= 4 is 29.3 Å². The van der Waals surface area contributed by atoms with Gasteiger partial charge in [-0.15, -0.1) is 0 Å². The van der Waals surface area contributed by atoms with Crippen molar-refractivity contribution in [1.29, 1.82) is 0 Å². The number of unbranched alkanes of at least 4 members (excludes halogenated alkanes) is 1. The molecule has 2 aliphatic heterocycles. The number of anilines is 1. The number of hydrogen-bond acceptors (Lipinski definition) is 6. The van der Waals surface area contributed by atoms with Gasteiger partial charge in [-0.1, -0.05) is 6.07 Å². The summed E-state index contributed by atoms with van der Waals surface area (Å²) in [6.07, 6.45) is 2.22. The van der Waals surface area contributed by atoms with Gasteiger partial charge in [0.25, 0.3) is 11.8 Å². The molecule has 1 saturated heterocycles. The highest BCUT2D eigenvalue weighted by molar-refractivity contribution is 6.25. The van der Waals surface area contributed by atoms with Crippen LogP contribution in [0.5, 0.6) is 0 Å². The predicted octanol–water partition coefficient (Wildman–Crippen LogP) is 0.841. The minimum atomic E-state index is -0.942. The summed E-state index contributed by atoms with van der Waals surface area (Å²) < 4.78 is 0. The maximum Gasteiger partial charge on any atom is 0.264 e. The number of nitrogens with zero attached hydrogens (tertiary/aromatic N) is 2. The third-order valence-corrected chi connectivity index (χ3v) is 4.82. The molecule has 8 heteroatoms. The van der Waals surface area contributed by atoms with E-state index in [4.69, 9.17) is 0 Å². The van der Waals surface area contributed by atoms with E-state index in [-0.39, 0.29) is 18.7 Å². The summed E-state index contributed by atoms with van der Waals surface area (Å²) in [5, 5.41) is 5.44. The lowest BCUT2D eigenvalue weighted by atomic mass is 10.0. The highest BCUT2D eigenvalue weighted by Gasteiger charge is 2.45. The molecule has 2 aliphatic rings. The van der Waals surface area contributed by atoms with Gasteiger partial charge in [0.15, 0.2) is 0 Å². The van der Waals surface area contributed by atoms with Crippen LogP contribution in [0, 0.1) is 0 Å². The Morgan fingerprint density at radius 1 is 1.15 bits per heavy atom. The normalized spacial score (nSPS) is 19.5. The maximum absolute atomic E-state index is 12.9. The Kier molecular flexibility index (Phi) is 5.55. The van der Waals surface area contributed by atoms with E-state index in [1.54, 1.807) is 18.2 Å². The smallest absolute Gasteiger partial charge is 0.264 e. The van der Waals surface area contributed by atoms with E-state index < -0.39 is 23.8 Å². The summed E-state index contributed by atoms with van der Waals surface area (Å²) in [4.78, 5) is 52.2. The number of imide groups is 2. The van der Waals surface area contributed by atoms with Crippen LogP contribution >= 0.6 is 0 Å². The van der Waals surface area contributed by atoms with E-state index in [1.165, 1.54) is 0 Å². The van der Waals surface area contributed by atoms with Crippen LogP contribution in [0.25, 0.3) is 0 Å². The van der Waals surface area contributed by atoms with Crippen LogP contribution in [0.1, 0.15) is 46.4 Å². The molecule has 1 aromatic carbocycles. The van der Waals surface area contributed by atoms with E-state index in [9.17, 15) is 19.2 Å². The maximum atomic E-state index is 12.9. The molecule has 27 heavy (non-hydrogen) atoms. The van der Waals surface area contributed by atoms with E-state index >= 15 is 0 Å². The van der Waals surface area contributed by atoms with Crippen LogP contribution in [0.15, 0.2) is 18.2 Å². The summed E-state index contributed by atoms with van der Waals surface area (Å²) >= 11 is 0. The molecule has 2 heterocycles. The molecule has 0 aliphatic carbocycles. The molecule has 4 amide bonds. The first-order valence-electron chi connectivity index (χ1n) is 9.13. The highest BCUT2D eigenvalue weighted by atomic mass is 16.2. The number of nitrogens with one attached hydrogen (secondary N) is 2. The van der Waals surface area contributed by atoms with Crippen LogP contribution < -0.4 is 10.6 Å². The minimum Gasteiger partial charge on any atom is -0.384 e. The summed E-state index contributed by atoms with van der Waals surface area (Å²) in [5.41, 5.74) is 1.20. The van der Waals surface area contributed by atoms with E-state index in [0.29, 0.717) is 23.4 Å². The molecular formula is C19H24N4O4. The number of hydrogen-bond donors (Lipinski definition) is 2. The Labute approximate surface area is 157 Å². The molecular weight excluding hydrogens is 348 g/mol. The Hall–Kier alpha value is -2.74. The lowest BCUT2D eigenvalue weighted by Crippen LogP contribution is -2.54. The average Bonchev–Trinajstić information content (AvgIpc) is 2.87. The highest BCUT2D eigenvalue weighted by Crippen LogP contribution is 2.32. The number of carbonyl (C=O) groups is 4. The first-order chi connectivity index (χ1) is 12.9. The second-order valence-corrected chi connectivity index (χ2v) is 7.11. The number of fused-ring (bicyclic) bond motifs is 1. The fraction of sp³-hybridized carbons (Fsp3) is 0.474. The summed E-state index contributed by atoms with van der Waals surface area (Å²) in [5.74, 6) is -1.95. The van der Waals surface area contributed by atoms with Crippen molar-refractivity contribution in [2.45, 2.75) is 31.7 Å². The van der Waals surface area contributed by atoms with Crippen molar-refractivity contribution in [3.8, 4) is 0 Å². The minimum absolute atomic E-state index is 0.112. The van der Waals surface area contributed by atoms with Crippen molar-refractivity contribution in [3.63, 3.8) is 0 Å². The first-order valence-corrected chi connectivity index (χ1v) is 9.13. The zero-order valence-corrected chi connectivity index (χ0v) is 15.6. The number of amides is 4. The molecule has 0 radical (unpaired) electrons. The Bertz CT molecular complexity index is 790. The van der Waals surface area contributed by atoms with Gasteiger partial charge in [-0.3, -0.25) is 29.4 Å². The lowest BCUT2D eigenvalue weighted by molar-refractivity contribution is -0.136. The number of carbonyl (C=O) groups excluding carboxylic acids is 4. The van der Waals surface area contributed by atoms with Gasteiger partial charge in [-0.2, -0.15) is 0 Å². The quantitative estimate of drug-likeness (QED) is 0.544. The van der Waals surface area contributed by atoms with Crippen molar-refractivity contribution < 1.29 is 19.2 Å². The molecule has 0 aromatic heterocycles. The molecule has 2 N–H and O–H groups in total. The van der Waals surface area contributed by atoms with Gasteiger partial charge in [-0.05, 0) is 52.0 Å². The SMILES string of the molecule is CN(C)CCCCNc1cccc2c1C(=O)N(C1CCC(=O)NC1=O)C2=O. The molecule has 1 fully saturated rings. The van der Waals surface area contributed by atoms with Crippen molar-refractivity contribution in [1.82, 2.24) is 15.1 Å². The molecule has 1 atom stereocenters. The van der Waals surface area contributed by atoms with Crippen molar-refractivity contribution in [2.75, 3.05) is 32.5 Å². The van der Waals surface area contributed by atoms with E-state index in [1.807, 2.05) is 14.1 Å². The zero-order valence-electron chi connectivity index (χ0n) is 15.6. The van der Waals surface area contributed by atoms with Gasteiger partial charge >= 0.3 is 0 Å².